The van der Waals surface area contributed by atoms with Crippen LogP contribution in [0.3, 0.4) is 0 Å². The van der Waals surface area contributed by atoms with E-state index in [1.54, 1.807) is 6.20 Å². The molecule has 1 saturated heterocycles. The summed E-state index contributed by atoms with van der Waals surface area (Å²) in [5, 5.41) is 1.08. The van der Waals surface area contributed by atoms with Gasteiger partial charge in [0.1, 0.15) is 5.65 Å². The van der Waals surface area contributed by atoms with Gasteiger partial charge in [0.05, 0.1) is 0 Å². The van der Waals surface area contributed by atoms with Crippen molar-refractivity contribution in [2.45, 2.75) is 12.8 Å². The van der Waals surface area contributed by atoms with Gasteiger partial charge in [-0.05, 0) is 42.3 Å². The average Bonchev–Trinajstić information content (AvgIpc) is 3.34. The number of rotatable bonds is 3. The maximum Gasteiger partial charge on any atom is 0.227 e. The number of fused-ring (bicyclic) bond motifs is 1. The molecule has 4 heterocycles. The fourth-order valence-electron chi connectivity index (χ4n) is 3.69. The third-order valence-electron chi connectivity index (χ3n) is 5.09. The molecule has 1 N–H and O–H groups in total. The zero-order valence-electron chi connectivity index (χ0n) is 14.7. The second kappa shape index (κ2) is 6.36. The number of anilines is 1. The van der Waals surface area contributed by atoms with Crippen molar-refractivity contribution in [1.82, 2.24) is 15.0 Å². The lowest BCUT2D eigenvalue weighted by Gasteiger charge is -2.16. The van der Waals surface area contributed by atoms with Crippen LogP contribution in [0.15, 0.2) is 67.3 Å². The molecular formula is C22H18N4O. The normalized spacial score (nSPS) is 14.2. The Bertz CT molecular complexity index is 1130. The number of hydrogen-bond donors (Lipinski definition) is 1. The molecule has 0 atom stereocenters. The van der Waals surface area contributed by atoms with Crippen LogP contribution in [0.4, 0.5) is 5.69 Å². The molecule has 0 bridgehead atoms. The van der Waals surface area contributed by atoms with Crippen molar-refractivity contribution >= 4 is 22.6 Å². The van der Waals surface area contributed by atoms with Gasteiger partial charge in [-0.15, -0.1) is 0 Å². The Kier molecular flexibility index (Phi) is 3.71. The smallest absolute Gasteiger partial charge is 0.227 e. The largest absolute Gasteiger partial charge is 0.346 e. The lowest BCUT2D eigenvalue weighted by Crippen LogP contribution is -2.23. The maximum atomic E-state index is 11.9. The van der Waals surface area contributed by atoms with Crippen LogP contribution in [0.2, 0.25) is 0 Å². The highest BCUT2D eigenvalue weighted by atomic mass is 16.2. The quantitative estimate of drug-likeness (QED) is 0.592. The van der Waals surface area contributed by atoms with Crippen LogP contribution in [0.1, 0.15) is 12.8 Å². The van der Waals surface area contributed by atoms with Crippen LogP contribution in [0, 0.1) is 0 Å². The van der Waals surface area contributed by atoms with E-state index in [1.807, 2.05) is 41.7 Å². The number of nitrogens with one attached hydrogen (secondary N) is 1. The summed E-state index contributed by atoms with van der Waals surface area (Å²) in [6.45, 7) is 0.809. The molecule has 0 saturated carbocycles. The van der Waals surface area contributed by atoms with Crippen LogP contribution in [-0.4, -0.2) is 27.4 Å². The van der Waals surface area contributed by atoms with Gasteiger partial charge in [0.2, 0.25) is 5.91 Å². The van der Waals surface area contributed by atoms with Crippen molar-refractivity contribution in [3.8, 4) is 22.3 Å². The van der Waals surface area contributed by atoms with Gasteiger partial charge in [-0.2, -0.15) is 0 Å². The molecule has 1 fully saturated rings. The summed E-state index contributed by atoms with van der Waals surface area (Å²) in [4.78, 5) is 25.8. The summed E-state index contributed by atoms with van der Waals surface area (Å²) in [5.41, 5.74) is 6.10. The summed E-state index contributed by atoms with van der Waals surface area (Å²) in [6.07, 6.45) is 9.08. The van der Waals surface area contributed by atoms with Gasteiger partial charge in [0.15, 0.2) is 0 Å². The van der Waals surface area contributed by atoms with E-state index in [9.17, 15) is 4.79 Å². The first-order valence-electron chi connectivity index (χ1n) is 9.08. The molecule has 0 unspecified atom stereocenters. The fraction of sp³-hybridized carbons (Fsp3) is 0.136. The Morgan fingerprint density at radius 2 is 1.85 bits per heavy atom. The number of carbonyl (C=O) groups excluding carboxylic acids is 1. The van der Waals surface area contributed by atoms with E-state index in [0.717, 1.165) is 51.9 Å². The van der Waals surface area contributed by atoms with E-state index in [1.165, 1.54) is 0 Å². The lowest BCUT2D eigenvalue weighted by atomic mass is 10.0. The molecule has 4 aromatic rings. The van der Waals surface area contributed by atoms with E-state index < -0.39 is 0 Å². The predicted molar refractivity (Wildman–Crippen MR) is 106 cm³/mol. The van der Waals surface area contributed by atoms with E-state index >= 15 is 0 Å². The molecule has 3 aromatic heterocycles. The van der Waals surface area contributed by atoms with Crippen molar-refractivity contribution in [1.29, 1.82) is 0 Å². The number of benzene rings is 1. The van der Waals surface area contributed by atoms with Gasteiger partial charge in [-0.25, -0.2) is 4.98 Å². The van der Waals surface area contributed by atoms with E-state index in [4.69, 9.17) is 0 Å². The van der Waals surface area contributed by atoms with Crippen LogP contribution in [0.5, 0.6) is 0 Å². The molecule has 1 aromatic carbocycles. The highest BCUT2D eigenvalue weighted by molar-refractivity contribution is 5.96. The standard InChI is InChI=1S/C22H18N4O/c27-21-4-2-10-26(21)18-7-5-15(6-8-18)16-11-17(13-23-12-16)20-14-25-22-19(20)3-1-9-24-22/h1,3,5-9,11-14H,2,4,10H2,(H,24,25). The third-order valence-corrected chi connectivity index (χ3v) is 5.09. The second-order valence-corrected chi connectivity index (χ2v) is 6.76. The summed E-state index contributed by atoms with van der Waals surface area (Å²) in [7, 11) is 0. The average molecular weight is 354 g/mol. The Morgan fingerprint density at radius 1 is 1.00 bits per heavy atom. The van der Waals surface area contributed by atoms with Gasteiger partial charge in [-0.1, -0.05) is 12.1 Å². The number of hydrogen-bond acceptors (Lipinski definition) is 3. The van der Waals surface area contributed by atoms with Gasteiger partial charge in [0, 0.05) is 65.5 Å². The summed E-state index contributed by atoms with van der Waals surface area (Å²) >= 11 is 0. The Labute approximate surface area is 156 Å². The molecule has 1 aliphatic rings. The van der Waals surface area contributed by atoms with E-state index in [0.29, 0.717) is 6.42 Å². The van der Waals surface area contributed by atoms with Crippen LogP contribution in [-0.2, 0) is 4.79 Å². The molecule has 1 aliphatic heterocycles. The van der Waals surface area contributed by atoms with Crippen LogP contribution in [0.25, 0.3) is 33.3 Å². The number of nitrogens with zero attached hydrogens (tertiary/aromatic N) is 3. The van der Waals surface area contributed by atoms with Crippen molar-refractivity contribution in [3.63, 3.8) is 0 Å². The third kappa shape index (κ3) is 2.77. The van der Waals surface area contributed by atoms with Gasteiger partial charge in [-0.3, -0.25) is 9.78 Å². The monoisotopic (exact) mass is 354 g/mol. The molecule has 27 heavy (non-hydrogen) atoms. The minimum atomic E-state index is 0.208. The first kappa shape index (κ1) is 15.8. The van der Waals surface area contributed by atoms with Crippen molar-refractivity contribution in [2.24, 2.45) is 0 Å². The number of aromatic nitrogens is 3. The van der Waals surface area contributed by atoms with Crippen LogP contribution < -0.4 is 4.90 Å². The zero-order valence-corrected chi connectivity index (χ0v) is 14.7. The highest BCUT2D eigenvalue weighted by Gasteiger charge is 2.21. The van der Waals surface area contributed by atoms with Crippen molar-refractivity contribution in [3.05, 3.63) is 67.3 Å². The number of H-pyrrole nitrogens is 1. The topological polar surface area (TPSA) is 61.9 Å². The van der Waals surface area contributed by atoms with Gasteiger partial charge < -0.3 is 9.88 Å². The molecule has 5 nitrogen and oxygen atoms in total. The molecule has 0 radical (unpaired) electrons. The summed E-state index contributed by atoms with van der Waals surface area (Å²) in [6, 6.07) is 14.3. The van der Waals surface area contributed by atoms with Crippen molar-refractivity contribution < 1.29 is 4.79 Å². The zero-order chi connectivity index (χ0) is 18.2. The molecule has 5 rings (SSSR count). The Morgan fingerprint density at radius 3 is 2.67 bits per heavy atom. The molecular weight excluding hydrogens is 336 g/mol. The summed E-state index contributed by atoms with van der Waals surface area (Å²) < 4.78 is 0. The minimum absolute atomic E-state index is 0.208. The first-order valence-corrected chi connectivity index (χ1v) is 9.08. The van der Waals surface area contributed by atoms with Gasteiger partial charge >= 0.3 is 0 Å². The molecule has 132 valence electrons. The van der Waals surface area contributed by atoms with Crippen LogP contribution >= 0.6 is 0 Å². The lowest BCUT2D eigenvalue weighted by molar-refractivity contribution is -0.117. The Hall–Kier alpha value is -3.47. The SMILES string of the molecule is O=C1CCCN1c1ccc(-c2cncc(-c3c[nH]c4ncccc34)c2)cc1. The maximum absolute atomic E-state index is 11.9. The number of pyridine rings is 2. The second-order valence-electron chi connectivity index (χ2n) is 6.76. The number of amides is 1. The molecule has 5 heteroatoms. The molecule has 0 spiro atoms. The molecule has 0 aliphatic carbocycles. The molecule has 1 amide bonds. The fourth-order valence-corrected chi connectivity index (χ4v) is 3.69. The number of aromatic amines is 1. The van der Waals surface area contributed by atoms with E-state index in [2.05, 4.69) is 39.2 Å². The Balaban J connectivity index is 1.49. The van der Waals surface area contributed by atoms with Gasteiger partial charge in [0.25, 0.3) is 0 Å². The highest BCUT2D eigenvalue weighted by Crippen LogP contribution is 2.31. The number of carbonyl (C=O) groups is 1. The first-order chi connectivity index (χ1) is 13.3. The predicted octanol–water partition coefficient (Wildman–Crippen LogP) is 4.42. The van der Waals surface area contributed by atoms with Crippen molar-refractivity contribution in [2.75, 3.05) is 11.4 Å². The van der Waals surface area contributed by atoms with E-state index in [-0.39, 0.29) is 5.91 Å². The summed E-state index contributed by atoms with van der Waals surface area (Å²) in [5.74, 6) is 0.208. The minimum Gasteiger partial charge on any atom is -0.346 e.